The fraction of sp³-hybridized carbons (Fsp3) is 1.00. The van der Waals surface area contributed by atoms with Gasteiger partial charge < -0.3 is 10.4 Å². The van der Waals surface area contributed by atoms with Gasteiger partial charge in [-0.25, -0.2) is 8.78 Å². The van der Waals surface area contributed by atoms with E-state index in [1.54, 1.807) is 0 Å². The summed E-state index contributed by atoms with van der Waals surface area (Å²) in [7, 11) is 0. The number of halogens is 2. The summed E-state index contributed by atoms with van der Waals surface area (Å²) in [4.78, 5) is 0. The van der Waals surface area contributed by atoms with E-state index in [4.69, 9.17) is 5.11 Å². The van der Waals surface area contributed by atoms with Crippen LogP contribution >= 0.6 is 0 Å². The van der Waals surface area contributed by atoms with Gasteiger partial charge in [-0.05, 0) is 13.0 Å². The van der Waals surface area contributed by atoms with Crippen LogP contribution in [0.3, 0.4) is 0 Å². The maximum absolute atomic E-state index is 11.8. The molecule has 1 heterocycles. The van der Waals surface area contributed by atoms with Gasteiger partial charge in [-0.2, -0.15) is 0 Å². The summed E-state index contributed by atoms with van der Waals surface area (Å²) in [5, 5.41) is 11.8. The number of alkyl halides is 2. The van der Waals surface area contributed by atoms with Crippen LogP contribution in [0.5, 0.6) is 0 Å². The van der Waals surface area contributed by atoms with E-state index in [-0.39, 0.29) is 5.92 Å². The lowest BCUT2D eigenvalue weighted by molar-refractivity contribution is -0.0338. The standard InChI is InChI=1S/C6H11F2NO/c7-6(8)5(10)4-1-2-9-3-4/h4-6,9-10H,1-3H2/t4?,5-/m0/s1. The van der Waals surface area contributed by atoms with Gasteiger partial charge in [0.05, 0.1) is 0 Å². The molecule has 1 aliphatic heterocycles. The Hall–Kier alpha value is -0.220. The number of rotatable bonds is 2. The van der Waals surface area contributed by atoms with Crippen molar-refractivity contribution in [3.05, 3.63) is 0 Å². The second kappa shape index (κ2) is 3.25. The monoisotopic (exact) mass is 151 g/mol. The molecule has 0 saturated carbocycles. The second-order valence-electron chi connectivity index (χ2n) is 2.58. The van der Waals surface area contributed by atoms with Crippen LogP contribution in [0, 0.1) is 5.92 Å². The summed E-state index contributed by atoms with van der Waals surface area (Å²) in [5.74, 6) is -0.250. The van der Waals surface area contributed by atoms with Gasteiger partial charge in [-0.1, -0.05) is 0 Å². The molecule has 0 amide bonds. The van der Waals surface area contributed by atoms with Gasteiger partial charge >= 0.3 is 0 Å². The SMILES string of the molecule is O[C@H](C(F)F)C1CCNC1. The topological polar surface area (TPSA) is 32.3 Å². The first-order valence-corrected chi connectivity index (χ1v) is 3.38. The van der Waals surface area contributed by atoms with Crippen LogP contribution in [0.2, 0.25) is 0 Å². The van der Waals surface area contributed by atoms with Crippen molar-refractivity contribution in [3.63, 3.8) is 0 Å². The predicted molar refractivity (Wildman–Crippen MR) is 33.0 cm³/mol. The number of aliphatic hydroxyl groups excluding tert-OH is 1. The van der Waals surface area contributed by atoms with E-state index in [0.29, 0.717) is 13.0 Å². The fourth-order valence-corrected chi connectivity index (χ4v) is 1.17. The summed E-state index contributed by atoms with van der Waals surface area (Å²) in [6, 6.07) is 0. The van der Waals surface area contributed by atoms with E-state index in [9.17, 15) is 8.78 Å². The summed E-state index contributed by atoms with van der Waals surface area (Å²) in [6.45, 7) is 1.26. The quantitative estimate of drug-likeness (QED) is 0.591. The Morgan fingerprint density at radius 1 is 1.50 bits per heavy atom. The van der Waals surface area contributed by atoms with Gasteiger partial charge in [-0.3, -0.25) is 0 Å². The average molecular weight is 151 g/mol. The van der Waals surface area contributed by atoms with Crippen LogP contribution in [-0.4, -0.2) is 30.7 Å². The zero-order valence-corrected chi connectivity index (χ0v) is 5.56. The highest BCUT2D eigenvalue weighted by molar-refractivity contribution is 4.78. The lowest BCUT2D eigenvalue weighted by Gasteiger charge is -2.14. The van der Waals surface area contributed by atoms with E-state index in [1.807, 2.05) is 0 Å². The normalized spacial score (nSPS) is 29.4. The molecule has 1 aliphatic rings. The maximum Gasteiger partial charge on any atom is 0.264 e. The molecule has 0 aromatic heterocycles. The molecule has 1 saturated heterocycles. The Morgan fingerprint density at radius 2 is 2.20 bits per heavy atom. The molecular formula is C6H11F2NO. The van der Waals surface area contributed by atoms with Crippen LogP contribution in [0.15, 0.2) is 0 Å². The Labute approximate surface area is 58.2 Å². The second-order valence-corrected chi connectivity index (χ2v) is 2.58. The van der Waals surface area contributed by atoms with Crippen molar-refractivity contribution in [2.45, 2.75) is 19.0 Å². The van der Waals surface area contributed by atoms with Crippen molar-refractivity contribution in [2.24, 2.45) is 5.92 Å². The molecule has 4 heteroatoms. The lowest BCUT2D eigenvalue weighted by Crippen LogP contribution is -2.29. The number of hydrogen-bond donors (Lipinski definition) is 2. The first-order valence-electron chi connectivity index (χ1n) is 3.38. The molecule has 1 unspecified atom stereocenters. The van der Waals surface area contributed by atoms with Crippen molar-refractivity contribution in [3.8, 4) is 0 Å². The van der Waals surface area contributed by atoms with Crippen LogP contribution in [0.25, 0.3) is 0 Å². The van der Waals surface area contributed by atoms with Gasteiger partial charge in [0, 0.05) is 12.5 Å². The molecule has 0 bridgehead atoms. The van der Waals surface area contributed by atoms with Crippen LogP contribution in [0.4, 0.5) is 8.78 Å². The lowest BCUT2D eigenvalue weighted by atomic mass is 10.0. The van der Waals surface area contributed by atoms with Crippen molar-refractivity contribution in [1.82, 2.24) is 5.32 Å². The molecule has 2 nitrogen and oxygen atoms in total. The maximum atomic E-state index is 11.8. The van der Waals surface area contributed by atoms with E-state index < -0.39 is 12.5 Å². The summed E-state index contributed by atoms with van der Waals surface area (Å²) in [5.41, 5.74) is 0. The number of aliphatic hydroxyl groups is 1. The Morgan fingerprint density at radius 3 is 2.60 bits per heavy atom. The minimum Gasteiger partial charge on any atom is -0.387 e. The highest BCUT2D eigenvalue weighted by atomic mass is 19.3. The van der Waals surface area contributed by atoms with Crippen LogP contribution in [0.1, 0.15) is 6.42 Å². The molecule has 2 N–H and O–H groups in total. The van der Waals surface area contributed by atoms with E-state index in [2.05, 4.69) is 5.32 Å². The van der Waals surface area contributed by atoms with Gasteiger partial charge in [0.15, 0.2) is 0 Å². The molecule has 60 valence electrons. The van der Waals surface area contributed by atoms with Crippen molar-refractivity contribution in [1.29, 1.82) is 0 Å². The highest BCUT2D eigenvalue weighted by Crippen LogP contribution is 2.17. The zero-order valence-electron chi connectivity index (χ0n) is 5.56. The Bertz CT molecular complexity index is 104. The van der Waals surface area contributed by atoms with Crippen molar-refractivity contribution >= 4 is 0 Å². The molecule has 0 aromatic carbocycles. The fourth-order valence-electron chi connectivity index (χ4n) is 1.17. The van der Waals surface area contributed by atoms with Crippen molar-refractivity contribution in [2.75, 3.05) is 13.1 Å². The molecule has 0 radical (unpaired) electrons. The molecule has 0 aliphatic carbocycles. The van der Waals surface area contributed by atoms with Gasteiger partial charge in [-0.15, -0.1) is 0 Å². The molecule has 0 aromatic rings. The summed E-state index contributed by atoms with van der Waals surface area (Å²) >= 11 is 0. The minimum atomic E-state index is -2.59. The zero-order chi connectivity index (χ0) is 7.56. The van der Waals surface area contributed by atoms with E-state index in [1.165, 1.54) is 0 Å². The molecule has 2 atom stereocenters. The van der Waals surface area contributed by atoms with E-state index >= 15 is 0 Å². The Kier molecular flexibility index (Phi) is 2.56. The predicted octanol–water partition coefficient (Wildman–Crippen LogP) is 0.222. The van der Waals surface area contributed by atoms with Gasteiger partial charge in [0.25, 0.3) is 6.43 Å². The van der Waals surface area contributed by atoms with Crippen molar-refractivity contribution < 1.29 is 13.9 Å². The van der Waals surface area contributed by atoms with E-state index in [0.717, 1.165) is 6.54 Å². The molecule has 1 fully saturated rings. The first kappa shape index (κ1) is 7.88. The smallest absolute Gasteiger partial charge is 0.264 e. The number of nitrogens with one attached hydrogen (secondary N) is 1. The molecule has 10 heavy (non-hydrogen) atoms. The molecule has 1 rings (SSSR count). The van der Waals surface area contributed by atoms with Crippen LogP contribution < -0.4 is 5.32 Å². The third-order valence-corrected chi connectivity index (χ3v) is 1.84. The molecular weight excluding hydrogens is 140 g/mol. The number of hydrogen-bond acceptors (Lipinski definition) is 2. The van der Waals surface area contributed by atoms with Gasteiger partial charge in [0.2, 0.25) is 0 Å². The summed E-state index contributed by atoms with van der Waals surface area (Å²) in [6.07, 6.45) is -3.37. The highest BCUT2D eigenvalue weighted by Gasteiger charge is 2.29. The Balaban J connectivity index is 2.32. The summed E-state index contributed by atoms with van der Waals surface area (Å²) < 4.78 is 23.6. The largest absolute Gasteiger partial charge is 0.387 e. The van der Waals surface area contributed by atoms with Gasteiger partial charge in [0.1, 0.15) is 6.10 Å². The first-order chi connectivity index (χ1) is 4.72. The third-order valence-electron chi connectivity index (χ3n) is 1.84. The average Bonchev–Trinajstić information content (AvgIpc) is 2.36. The molecule has 0 spiro atoms. The third kappa shape index (κ3) is 1.64. The van der Waals surface area contributed by atoms with Crippen LogP contribution in [-0.2, 0) is 0 Å². The minimum absolute atomic E-state index is 0.250.